The molecule has 1 amide bonds. The molecule has 1 aliphatic rings. The van der Waals surface area contributed by atoms with Crippen LogP contribution in [0, 0.1) is 0 Å². The summed E-state index contributed by atoms with van der Waals surface area (Å²) >= 11 is 0. The molecule has 1 heterocycles. The van der Waals surface area contributed by atoms with E-state index in [1.165, 1.54) is 0 Å². The molecule has 0 fully saturated rings. The minimum atomic E-state index is -0.0144. The van der Waals surface area contributed by atoms with Gasteiger partial charge in [-0.25, -0.2) is 0 Å². The van der Waals surface area contributed by atoms with E-state index >= 15 is 0 Å². The van der Waals surface area contributed by atoms with Crippen LogP contribution >= 0.6 is 0 Å². The van der Waals surface area contributed by atoms with Crippen molar-refractivity contribution < 1.29 is 9.53 Å². The highest BCUT2D eigenvalue weighted by molar-refractivity contribution is 6.13. The van der Waals surface area contributed by atoms with E-state index in [2.05, 4.69) is 0 Å². The lowest BCUT2D eigenvalue weighted by atomic mass is 10.1. The maximum Gasteiger partial charge on any atom is 0.260 e. The Morgan fingerprint density at radius 2 is 1.65 bits per heavy atom. The summed E-state index contributed by atoms with van der Waals surface area (Å²) < 4.78 is 5.26. The summed E-state index contributed by atoms with van der Waals surface area (Å²) in [5.74, 6) is 0.724. The van der Waals surface area contributed by atoms with Crippen LogP contribution < -0.4 is 14.5 Å². The van der Waals surface area contributed by atoms with Crippen molar-refractivity contribution in [3.8, 4) is 5.75 Å². The Hall–Kier alpha value is -2.49. The normalized spacial score (nSPS) is 13.7. The number of rotatable bonds is 1. The van der Waals surface area contributed by atoms with Crippen molar-refractivity contribution in [3.05, 3.63) is 48.0 Å². The fourth-order valence-corrected chi connectivity index (χ4v) is 2.55. The van der Waals surface area contributed by atoms with Gasteiger partial charge in [-0.1, -0.05) is 12.1 Å². The number of hydrogen-bond acceptors (Lipinski definition) is 3. The topological polar surface area (TPSA) is 32.8 Å². The largest absolute Gasteiger partial charge is 0.497 e. The fraction of sp³-hybridized carbons (Fsp3) is 0.188. The number of ether oxygens (including phenoxy) is 1. The first-order valence-corrected chi connectivity index (χ1v) is 6.42. The number of amides is 1. The number of nitrogens with zero attached hydrogens (tertiary/aromatic N) is 2. The molecule has 20 heavy (non-hydrogen) atoms. The number of fused-ring (bicyclic) bond motifs is 2. The predicted octanol–water partition coefficient (Wildman–Crippen LogP) is 3.05. The maximum absolute atomic E-state index is 12.6. The van der Waals surface area contributed by atoms with E-state index < -0.39 is 0 Å². The van der Waals surface area contributed by atoms with Gasteiger partial charge in [0, 0.05) is 20.2 Å². The summed E-state index contributed by atoms with van der Waals surface area (Å²) in [6, 6.07) is 13.4. The smallest absolute Gasteiger partial charge is 0.260 e. The van der Waals surface area contributed by atoms with Gasteiger partial charge in [-0.3, -0.25) is 4.79 Å². The van der Waals surface area contributed by atoms with Crippen LogP contribution in [0.2, 0.25) is 0 Å². The zero-order valence-electron chi connectivity index (χ0n) is 11.8. The van der Waals surface area contributed by atoms with Crippen molar-refractivity contribution >= 4 is 23.0 Å². The number of hydrogen-bond donors (Lipinski definition) is 0. The molecule has 0 unspecified atom stereocenters. The Bertz CT molecular complexity index is 682. The van der Waals surface area contributed by atoms with Gasteiger partial charge in [-0.05, 0) is 24.3 Å². The Morgan fingerprint density at radius 3 is 2.40 bits per heavy atom. The van der Waals surface area contributed by atoms with E-state index in [1.54, 1.807) is 19.1 Å². The molecule has 1 aliphatic heterocycles. The first-order chi connectivity index (χ1) is 9.63. The average molecular weight is 268 g/mol. The van der Waals surface area contributed by atoms with Crippen LogP contribution in [0.5, 0.6) is 5.75 Å². The molecule has 0 saturated carbocycles. The monoisotopic (exact) mass is 268 g/mol. The summed E-state index contributed by atoms with van der Waals surface area (Å²) in [5.41, 5.74) is 3.43. The second kappa shape index (κ2) is 4.56. The van der Waals surface area contributed by atoms with E-state index in [0.29, 0.717) is 5.56 Å². The Morgan fingerprint density at radius 1 is 0.900 bits per heavy atom. The van der Waals surface area contributed by atoms with E-state index in [4.69, 9.17) is 4.74 Å². The molecule has 0 N–H and O–H groups in total. The van der Waals surface area contributed by atoms with Crippen molar-refractivity contribution in [2.45, 2.75) is 0 Å². The van der Waals surface area contributed by atoms with Gasteiger partial charge in [0.15, 0.2) is 0 Å². The Labute approximate surface area is 118 Å². The van der Waals surface area contributed by atoms with Gasteiger partial charge in [0.05, 0.1) is 29.7 Å². The van der Waals surface area contributed by atoms with E-state index in [9.17, 15) is 4.79 Å². The predicted molar refractivity (Wildman–Crippen MR) is 80.2 cm³/mol. The lowest BCUT2D eigenvalue weighted by Gasteiger charge is -2.22. The number of anilines is 3. The Kier molecular flexibility index (Phi) is 2.86. The van der Waals surface area contributed by atoms with Gasteiger partial charge in [0.1, 0.15) is 5.75 Å². The average Bonchev–Trinajstić information content (AvgIpc) is 2.58. The van der Waals surface area contributed by atoms with Crippen molar-refractivity contribution in [1.29, 1.82) is 0 Å². The third-order valence-corrected chi connectivity index (χ3v) is 3.71. The van der Waals surface area contributed by atoms with Gasteiger partial charge in [0.2, 0.25) is 0 Å². The molecule has 0 aromatic heterocycles. The van der Waals surface area contributed by atoms with Crippen LogP contribution in [-0.4, -0.2) is 27.1 Å². The lowest BCUT2D eigenvalue weighted by molar-refractivity contribution is 0.0994. The van der Waals surface area contributed by atoms with Gasteiger partial charge in [-0.2, -0.15) is 0 Å². The van der Waals surface area contributed by atoms with Gasteiger partial charge in [-0.15, -0.1) is 0 Å². The van der Waals surface area contributed by atoms with Crippen LogP contribution in [0.25, 0.3) is 0 Å². The van der Waals surface area contributed by atoms with E-state index in [1.807, 2.05) is 54.4 Å². The second-order valence-corrected chi connectivity index (χ2v) is 4.79. The standard InChI is InChI=1S/C16H16N2O2/c1-17-13-7-5-4-6-12(13)16(19)18(2)15-10-11(20-3)8-9-14(15)17/h4-10H,1-3H3. The summed E-state index contributed by atoms with van der Waals surface area (Å²) in [5, 5.41) is 0. The quantitative estimate of drug-likeness (QED) is 0.797. The number of benzene rings is 2. The fourth-order valence-electron chi connectivity index (χ4n) is 2.55. The number of carbonyl (C=O) groups is 1. The highest BCUT2D eigenvalue weighted by Crippen LogP contribution is 2.40. The van der Waals surface area contributed by atoms with Crippen LogP contribution in [-0.2, 0) is 0 Å². The Balaban J connectivity index is 2.26. The van der Waals surface area contributed by atoms with Crippen LogP contribution in [0.3, 0.4) is 0 Å². The summed E-state index contributed by atoms with van der Waals surface area (Å²) in [4.78, 5) is 16.3. The molecule has 4 heteroatoms. The second-order valence-electron chi connectivity index (χ2n) is 4.79. The third kappa shape index (κ3) is 1.72. The van der Waals surface area contributed by atoms with Crippen molar-refractivity contribution in [2.75, 3.05) is 31.0 Å². The van der Waals surface area contributed by atoms with E-state index in [0.717, 1.165) is 22.8 Å². The minimum Gasteiger partial charge on any atom is -0.497 e. The first kappa shape index (κ1) is 12.5. The minimum absolute atomic E-state index is 0.0144. The molecule has 0 radical (unpaired) electrons. The molecular weight excluding hydrogens is 252 g/mol. The SMILES string of the molecule is COc1ccc2c(c1)N(C)C(=O)c1ccccc1N2C. The highest BCUT2D eigenvalue weighted by Gasteiger charge is 2.27. The zero-order valence-corrected chi connectivity index (χ0v) is 11.8. The first-order valence-electron chi connectivity index (χ1n) is 6.42. The molecule has 3 rings (SSSR count). The van der Waals surface area contributed by atoms with Crippen molar-refractivity contribution in [2.24, 2.45) is 0 Å². The molecule has 0 atom stereocenters. The molecule has 4 nitrogen and oxygen atoms in total. The summed E-state index contributed by atoms with van der Waals surface area (Å²) in [6.45, 7) is 0. The van der Waals surface area contributed by atoms with Crippen molar-refractivity contribution in [1.82, 2.24) is 0 Å². The highest BCUT2D eigenvalue weighted by atomic mass is 16.5. The van der Waals surface area contributed by atoms with Crippen molar-refractivity contribution in [3.63, 3.8) is 0 Å². The third-order valence-electron chi connectivity index (χ3n) is 3.71. The molecule has 0 aliphatic carbocycles. The number of carbonyl (C=O) groups excluding carboxylic acids is 1. The number of methoxy groups -OCH3 is 1. The molecule has 2 aromatic carbocycles. The molecule has 0 bridgehead atoms. The molecule has 0 saturated heterocycles. The van der Waals surface area contributed by atoms with Gasteiger partial charge < -0.3 is 14.5 Å². The maximum atomic E-state index is 12.6. The number of para-hydroxylation sites is 1. The van der Waals surface area contributed by atoms with Crippen LogP contribution in [0.4, 0.5) is 17.1 Å². The van der Waals surface area contributed by atoms with Crippen LogP contribution in [0.15, 0.2) is 42.5 Å². The summed E-state index contributed by atoms with van der Waals surface area (Å²) in [6.07, 6.45) is 0. The molecule has 0 spiro atoms. The van der Waals surface area contributed by atoms with E-state index in [-0.39, 0.29) is 5.91 Å². The van der Waals surface area contributed by atoms with Crippen LogP contribution in [0.1, 0.15) is 10.4 Å². The molecule has 2 aromatic rings. The lowest BCUT2D eigenvalue weighted by Crippen LogP contribution is -2.25. The van der Waals surface area contributed by atoms with Gasteiger partial charge in [0.25, 0.3) is 5.91 Å². The molecular formula is C16H16N2O2. The summed E-state index contributed by atoms with van der Waals surface area (Å²) in [7, 11) is 5.38. The zero-order chi connectivity index (χ0) is 14.3. The molecule has 102 valence electrons. The van der Waals surface area contributed by atoms with Gasteiger partial charge >= 0.3 is 0 Å².